The molecule has 0 aromatic rings. The van der Waals surface area contributed by atoms with Gasteiger partial charge in [-0.15, -0.1) is 0 Å². The minimum atomic E-state index is -0.0590. The van der Waals surface area contributed by atoms with Crippen LogP contribution in [-0.2, 0) is 4.79 Å². The lowest BCUT2D eigenvalue weighted by Crippen LogP contribution is -2.38. The molecule has 1 amide bonds. The van der Waals surface area contributed by atoms with E-state index in [4.69, 9.17) is 5.73 Å². The minimum Gasteiger partial charge on any atom is -0.355 e. The smallest absolute Gasteiger partial charge is 0.224 e. The number of thioether (sulfide) groups is 2. The highest BCUT2D eigenvalue weighted by atomic mass is 32.2. The fourth-order valence-electron chi connectivity index (χ4n) is 1.15. The first kappa shape index (κ1) is 12.2. The number of hydrogen-bond acceptors (Lipinski definition) is 4. The zero-order valence-electron chi connectivity index (χ0n) is 8.49. The molecule has 1 heterocycles. The molecule has 82 valence electrons. The first-order valence-electron chi connectivity index (χ1n) is 4.91. The molecule has 0 spiro atoms. The zero-order chi connectivity index (χ0) is 10.4. The number of hydrogen-bond donors (Lipinski definition) is 2. The summed E-state index contributed by atoms with van der Waals surface area (Å²) in [5, 5.41) is 3.54. The first-order chi connectivity index (χ1) is 6.74. The van der Waals surface area contributed by atoms with Crippen molar-refractivity contribution < 1.29 is 4.79 Å². The van der Waals surface area contributed by atoms with Crippen LogP contribution in [0.3, 0.4) is 0 Å². The highest BCUT2D eigenvalue weighted by Crippen LogP contribution is 2.23. The fraction of sp³-hybridized carbons (Fsp3) is 0.889. The van der Waals surface area contributed by atoms with Crippen molar-refractivity contribution >= 4 is 29.4 Å². The van der Waals surface area contributed by atoms with Crippen molar-refractivity contribution in [3.8, 4) is 0 Å². The Hall–Kier alpha value is 0.130. The number of amides is 1. The average Bonchev–Trinajstić information content (AvgIpc) is 2.26. The molecular weight excluding hydrogens is 216 g/mol. The summed E-state index contributed by atoms with van der Waals surface area (Å²) in [6, 6.07) is 0. The molecule has 2 atom stereocenters. The molecule has 3 N–H and O–H groups in total. The second-order valence-electron chi connectivity index (χ2n) is 3.45. The third kappa shape index (κ3) is 4.11. The van der Waals surface area contributed by atoms with E-state index in [-0.39, 0.29) is 11.8 Å². The van der Waals surface area contributed by atoms with E-state index in [1.165, 1.54) is 11.5 Å². The van der Waals surface area contributed by atoms with Crippen LogP contribution in [0.15, 0.2) is 0 Å². The topological polar surface area (TPSA) is 55.1 Å². The Bertz CT molecular complexity index is 184. The minimum absolute atomic E-state index is 0.0590. The lowest BCUT2D eigenvalue weighted by atomic mass is 10.2. The lowest BCUT2D eigenvalue weighted by molar-refractivity contribution is -0.124. The van der Waals surface area contributed by atoms with Crippen LogP contribution in [0.2, 0.25) is 0 Å². The van der Waals surface area contributed by atoms with Gasteiger partial charge in [0.2, 0.25) is 5.91 Å². The number of nitrogens with one attached hydrogen (secondary N) is 1. The molecule has 14 heavy (non-hydrogen) atoms. The summed E-state index contributed by atoms with van der Waals surface area (Å²) in [5.74, 6) is 3.63. The molecule has 0 aromatic heterocycles. The van der Waals surface area contributed by atoms with Gasteiger partial charge in [-0.2, -0.15) is 23.5 Å². The van der Waals surface area contributed by atoms with Crippen molar-refractivity contribution in [2.75, 3.05) is 30.3 Å². The molecule has 0 aromatic carbocycles. The molecule has 0 bridgehead atoms. The van der Waals surface area contributed by atoms with Crippen LogP contribution in [0.4, 0.5) is 0 Å². The van der Waals surface area contributed by atoms with Crippen LogP contribution in [0.1, 0.15) is 6.92 Å². The van der Waals surface area contributed by atoms with Crippen molar-refractivity contribution in [2.24, 2.45) is 11.7 Å². The largest absolute Gasteiger partial charge is 0.355 e. The van der Waals surface area contributed by atoms with Crippen LogP contribution in [0.25, 0.3) is 0 Å². The summed E-state index contributed by atoms with van der Waals surface area (Å²) in [4.78, 5) is 11.4. The Morgan fingerprint density at radius 1 is 1.64 bits per heavy atom. The zero-order valence-corrected chi connectivity index (χ0v) is 10.1. The maximum Gasteiger partial charge on any atom is 0.224 e. The highest BCUT2D eigenvalue weighted by Gasteiger charge is 2.16. The van der Waals surface area contributed by atoms with Gasteiger partial charge in [0.1, 0.15) is 0 Å². The molecule has 5 heteroatoms. The third-order valence-electron chi connectivity index (χ3n) is 2.19. The summed E-state index contributed by atoms with van der Waals surface area (Å²) in [5.41, 5.74) is 5.41. The van der Waals surface area contributed by atoms with E-state index >= 15 is 0 Å². The van der Waals surface area contributed by atoms with E-state index in [0.29, 0.717) is 11.8 Å². The van der Waals surface area contributed by atoms with Crippen molar-refractivity contribution in [3.63, 3.8) is 0 Å². The quantitative estimate of drug-likeness (QED) is 0.746. The molecule has 2 unspecified atom stereocenters. The summed E-state index contributed by atoms with van der Waals surface area (Å²) >= 11 is 3.93. The molecule has 0 radical (unpaired) electrons. The van der Waals surface area contributed by atoms with Gasteiger partial charge in [-0.05, 0) is 0 Å². The SMILES string of the molecule is CC(CN)C(=O)NCC1CSCCS1. The second kappa shape index (κ2) is 6.58. The predicted octanol–water partition coefficient (Wildman–Crippen LogP) is 0.546. The number of nitrogens with two attached hydrogens (primary N) is 1. The van der Waals surface area contributed by atoms with Crippen LogP contribution < -0.4 is 11.1 Å². The lowest BCUT2D eigenvalue weighted by Gasteiger charge is -2.21. The summed E-state index contributed by atoms with van der Waals surface area (Å²) in [7, 11) is 0. The molecule has 0 aliphatic carbocycles. The van der Waals surface area contributed by atoms with Gasteiger partial charge in [0.05, 0.1) is 0 Å². The Kier molecular flexibility index (Phi) is 5.74. The normalized spacial score (nSPS) is 24.3. The van der Waals surface area contributed by atoms with E-state index < -0.39 is 0 Å². The van der Waals surface area contributed by atoms with Gasteiger partial charge in [-0.3, -0.25) is 4.79 Å². The maximum absolute atomic E-state index is 11.4. The standard InChI is InChI=1S/C9H18N2OS2/c1-7(4-10)9(12)11-5-8-6-13-2-3-14-8/h7-8H,2-6,10H2,1H3,(H,11,12). The number of carbonyl (C=O) groups is 1. The summed E-state index contributed by atoms with van der Waals surface area (Å²) in [6.45, 7) is 3.08. The molecule has 1 fully saturated rings. The van der Waals surface area contributed by atoms with E-state index in [2.05, 4.69) is 5.32 Å². The van der Waals surface area contributed by atoms with Crippen LogP contribution in [0, 0.1) is 5.92 Å². The highest BCUT2D eigenvalue weighted by molar-refractivity contribution is 8.06. The van der Waals surface area contributed by atoms with Gasteiger partial charge in [0, 0.05) is 41.5 Å². The molecule has 1 aliphatic heterocycles. The summed E-state index contributed by atoms with van der Waals surface area (Å²) < 4.78 is 0. The average molecular weight is 234 g/mol. The van der Waals surface area contributed by atoms with E-state index in [1.807, 2.05) is 30.4 Å². The molecule has 0 saturated carbocycles. The molecular formula is C9H18N2OS2. The Morgan fingerprint density at radius 2 is 2.43 bits per heavy atom. The van der Waals surface area contributed by atoms with Crippen molar-refractivity contribution in [2.45, 2.75) is 12.2 Å². The van der Waals surface area contributed by atoms with Crippen molar-refractivity contribution in [1.29, 1.82) is 0 Å². The summed E-state index contributed by atoms with van der Waals surface area (Å²) in [6.07, 6.45) is 0. The maximum atomic E-state index is 11.4. The fourth-order valence-corrected chi connectivity index (χ4v) is 3.76. The second-order valence-corrected chi connectivity index (χ2v) is 6.01. The van der Waals surface area contributed by atoms with Gasteiger partial charge < -0.3 is 11.1 Å². The molecule has 1 aliphatic rings. The Morgan fingerprint density at radius 3 is 3.00 bits per heavy atom. The Balaban J connectivity index is 2.15. The van der Waals surface area contributed by atoms with Crippen LogP contribution >= 0.6 is 23.5 Å². The molecule has 1 rings (SSSR count). The molecule has 1 saturated heterocycles. The van der Waals surface area contributed by atoms with Gasteiger partial charge in [0.25, 0.3) is 0 Å². The van der Waals surface area contributed by atoms with Crippen LogP contribution in [-0.4, -0.2) is 41.5 Å². The van der Waals surface area contributed by atoms with Crippen molar-refractivity contribution in [1.82, 2.24) is 5.32 Å². The Labute approximate surface area is 94.0 Å². The van der Waals surface area contributed by atoms with E-state index in [0.717, 1.165) is 12.3 Å². The van der Waals surface area contributed by atoms with Gasteiger partial charge in [-0.1, -0.05) is 6.92 Å². The van der Waals surface area contributed by atoms with E-state index in [9.17, 15) is 4.79 Å². The number of carbonyl (C=O) groups excluding carboxylic acids is 1. The van der Waals surface area contributed by atoms with Crippen molar-refractivity contribution in [3.05, 3.63) is 0 Å². The van der Waals surface area contributed by atoms with Gasteiger partial charge in [-0.25, -0.2) is 0 Å². The van der Waals surface area contributed by atoms with Gasteiger partial charge >= 0.3 is 0 Å². The monoisotopic (exact) mass is 234 g/mol. The predicted molar refractivity (Wildman–Crippen MR) is 64.8 cm³/mol. The van der Waals surface area contributed by atoms with Crippen LogP contribution in [0.5, 0.6) is 0 Å². The number of rotatable bonds is 4. The molecule has 3 nitrogen and oxygen atoms in total. The first-order valence-corrected chi connectivity index (χ1v) is 7.11. The third-order valence-corrected chi connectivity index (χ3v) is 5.03. The van der Waals surface area contributed by atoms with Gasteiger partial charge in [0.15, 0.2) is 0 Å². The van der Waals surface area contributed by atoms with E-state index in [1.54, 1.807) is 0 Å².